The van der Waals surface area contributed by atoms with Crippen LogP contribution in [0.5, 0.6) is 0 Å². The Bertz CT molecular complexity index is 157. The molecule has 3 N–H and O–H groups in total. The maximum Gasteiger partial charge on any atom is 0.417 e. The number of hydrogen-bond acceptors (Lipinski definition) is 2. The quantitative estimate of drug-likeness (QED) is 0.710. The van der Waals surface area contributed by atoms with Crippen molar-refractivity contribution in [1.82, 2.24) is 0 Å². The molecule has 0 aliphatic rings. The summed E-state index contributed by atoms with van der Waals surface area (Å²) in [6, 6.07) is 0. The Balaban J connectivity index is 4.96. The van der Waals surface area contributed by atoms with E-state index in [-0.39, 0.29) is 6.54 Å². The van der Waals surface area contributed by atoms with Gasteiger partial charge in [-0.15, -0.1) is 0 Å². The highest BCUT2D eigenvalue weighted by atomic mass is 19.4. The molecule has 0 spiro atoms. The van der Waals surface area contributed by atoms with Crippen LogP contribution in [-0.2, 0) is 0 Å². The molecule has 80 valence electrons. The zero-order valence-corrected chi connectivity index (χ0v) is 8.07. The van der Waals surface area contributed by atoms with E-state index in [1.165, 1.54) is 20.8 Å². The van der Waals surface area contributed by atoms with Crippen molar-refractivity contribution >= 4 is 0 Å². The summed E-state index contributed by atoms with van der Waals surface area (Å²) in [6.07, 6.45) is -5.11. The molecule has 0 amide bonds. The van der Waals surface area contributed by atoms with E-state index in [9.17, 15) is 18.3 Å². The number of nitrogens with two attached hydrogens (primary N) is 1. The molecule has 1 atom stereocenters. The van der Waals surface area contributed by atoms with Crippen LogP contribution in [0.4, 0.5) is 13.2 Å². The molecule has 0 aromatic carbocycles. The van der Waals surface area contributed by atoms with Gasteiger partial charge in [-0.1, -0.05) is 20.8 Å². The van der Waals surface area contributed by atoms with Crippen LogP contribution in [0.3, 0.4) is 0 Å². The first-order valence-corrected chi connectivity index (χ1v) is 4.05. The smallest absolute Gasteiger partial charge is 0.380 e. The summed E-state index contributed by atoms with van der Waals surface area (Å²) in [6.45, 7) is 3.84. The van der Waals surface area contributed by atoms with E-state index in [2.05, 4.69) is 0 Å². The van der Waals surface area contributed by atoms with E-state index in [4.69, 9.17) is 5.73 Å². The lowest BCUT2D eigenvalue weighted by Crippen LogP contribution is -2.55. The fraction of sp³-hybridized carbons (Fsp3) is 1.00. The minimum atomic E-state index is -4.63. The van der Waals surface area contributed by atoms with Gasteiger partial charge in [0.2, 0.25) is 0 Å². The third kappa shape index (κ3) is 2.34. The highest BCUT2D eigenvalue weighted by molar-refractivity contribution is 4.96. The van der Waals surface area contributed by atoms with Gasteiger partial charge in [0.1, 0.15) is 0 Å². The lowest BCUT2D eigenvalue weighted by atomic mass is 9.74. The molecule has 0 bridgehead atoms. The van der Waals surface area contributed by atoms with Gasteiger partial charge in [-0.05, 0) is 18.4 Å². The first-order chi connectivity index (χ1) is 5.56. The van der Waals surface area contributed by atoms with Crippen LogP contribution in [0.2, 0.25) is 0 Å². The van der Waals surface area contributed by atoms with Crippen LogP contribution in [-0.4, -0.2) is 23.4 Å². The summed E-state index contributed by atoms with van der Waals surface area (Å²) in [5, 5.41) is 9.48. The third-order valence-electron chi connectivity index (χ3n) is 2.22. The average molecular weight is 199 g/mol. The maximum atomic E-state index is 12.5. The Hall–Kier alpha value is -0.290. The second kappa shape index (κ2) is 3.46. The Morgan fingerprint density at radius 3 is 1.62 bits per heavy atom. The molecule has 5 heteroatoms. The lowest BCUT2D eigenvalue weighted by molar-refractivity contribution is -0.296. The number of halogens is 3. The van der Waals surface area contributed by atoms with E-state index >= 15 is 0 Å². The zero-order chi connectivity index (χ0) is 10.9. The normalized spacial score (nSPS) is 18.5. The second-order valence-electron chi connectivity index (χ2n) is 4.15. The van der Waals surface area contributed by atoms with Crippen molar-refractivity contribution in [3.63, 3.8) is 0 Å². The molecule has 0 aliphatic heterocycles. The van der Waals surface area contributed by atoms with E-state index in [0.717, 1.165) is 0 Å². The number of alkyl halides is 3. The summed E-state index contributed by atoms with van der Waals surface area (Å²) in [4.78, 5) is 0. The maximum absolute atomic E-state index is 12.5. The van der Waals surface area contributed by atoms with E-state index in [1.54, 1.807) is 0 Å². The standard InChI is InChI=1S/C8H16F3NO/c1-6(2,3)7(13,4-5-12)8(9,10)11/h13H,4-5,12H2,1-3H3. The molecule has 0 aromatic rings. The van der Waals surface area contributed by atoms with E-state index in [1.807, 2.05) is 0 Å². The van der Waals surface area contributed by atoms with Gasteiger partial charge >= 0.3 is 6.18 Å². The van der Waals surface area contributed by atoms with Crippen LogP contribution in [0.1, 0.15) is 27.2 Å². The van der Waals surface area contributed by atoms with Crippen LogP contribution < -0.4 is 5.73 Å². The topological polar surface area (TPSA) is 46.2 Å². The predicted molar refractivity (Wildman–Crippen MR) is 44.1 cm³/mol. The highest BCUT2D eigenvalue weighted by Crippen LogP contribution is 2.45. The first kappa shape index (κ1) is 12.7. The highest BCUT2D eigenvalue weighted by Gasteiger charge is 2.59. The summed E-state index contributed by atoms with van der Waals surface area (Å²) in [5.74, 6) is 0. The second-order valence-corrected chi connectivity index (χ2v) is 4.15. The van der Waals surface area contributed by atoms with Crippen molar-refractivity contribution in [1.29, 1.82) is 0 Å². The van der Waals surface area contributed by atoms with Crippen molar-refractivity contribution in [2.24, 2.45) is 11.1 Å². The molecule has 0 aliphatic carbocycles. The van der Waals surface area contributed by atoms with Gasteiger partial charge in [0, 0.05) is 0 Å². The lowest BCUT2D eigenvalue weighted by Gasteiger charge is -2.41. The summed E-state index contributed by atoms with van der Waals surface area (Å²) >= 11 is 0. The molecule has 0 aromatic heterocycles. The molecule has 13 heavy (non-hydrogen) atoms. The summed E-state index contributed by atoms with van der Waals surface area (Å²) in [5.41, 5.74) is 1.09. The fourth-order valence-electron chi connectivity index (χ4n) is 1.15. The van der Waals surface area contributed by atoms with Gasteiger partial charge in [-0.2, -0.15) is 13.2 Å². The van der Waals surface area contributed by atoms with E-state index in [0.29, 0.717) is 0 Å². The largest absolute Gasteiger partial charge is 0.417 e. The monoisotopic (exact) mass is 199 g/mol. The number of rotatable bonds is 2. The summed E-state index contributed by atoms with van der Waals surface area (Å²) < 4.78 is 37.4. The molecular weight excluding hydrogens is 183 g/mol. The van der Waals surface area contributed by atoms with Gasteiger partial charge in [-0.3, -0.25) is 0 Å². The molecular formula is C8H16F3NO. The fourth-order valence-corrected chi connectivity index (χ4v) is 1.15. The number of hydrogen-bond donors (Lipinski definition) is 2. The van der Waals surface area contributed by atoms with Gasteiger partial charge in [0.25, 0.3) is 0 Å². The summed E-state index contributed by atoms with van der Waals surface area (Å²) in [7, 11) is 0. The van der Waals surface area contributed by atoms with Gasteiger partial charge in [0.15, 0.2) is 5.60 Å². The van der Waals surface area contributed by atoms with E-state index < -0.39 is 23.6 Å². The number of aliphatic hydroxyl groups is 1. The Kier molecular flexibility index (Phi) is 3.38. The molecule has 1 unspecified atom stereocenters. The molecule has 0 fully saturated rings. The molecule has 2 nitrogen and oxygen atoms in total. The third-order valence-corrected chi connectivity index (χ3v) is 2.22. The van der Waals surface area contributed by atoms with Gasteiger partial charge in [0.05, 0.1) is 0 Å². The van der Waals surface area contributed by atoms with Gasteiger partial charge in [-0.25, -0.2) is 0 Å². The minimum absolute atomic E-state index is 0.187. The molecule has 0 heterocycles. The van der Waals surface area contributed by atoms with Crippen LogP contribution in [0, 0.1) is 5.41 Å². The van der Waals surface area contributed by atoms with Crippen LogP contribution in [0.15, 0.2) is 0 Å². The van der Waals surface area contributed by atoms with Crippen molar-refractivity contribution in [3.05, 3.63) is 0 Å². The molecule has 0 saturated heterocycles. The Morgan fingerprint density at radius 2 is 1.54 bits per heavy atom. The minimum Gasteiger partial charge on any atom is -0.380 e. The average Bonchev–Trinajstić information content (AvgIpc) is 1.82. The molecule has 0 rings (SSSR count). The van der Waals surface area contributed by atoms with Crippen molar-refractivity contribution < 1.29 is 18.3 Å². The molecule has 0 saturated carbocycles. The first-order valence-electron chi connectivity index (χ1n) is 4.05. The van der Waals surface area contributed by atoms with Crippen LogP contribution >= 0.6 is 0 Å². The van der Waals surface area contributed by atoms with Crippen LogP contribution in [0.25, 0.3) is 0 Å². The van der Waals surface area contributed by atoms with Crippen molar-refractivity contribution in [2.75, 3.05) is 6.54 Å². The molecule has 0 radical (unpaired) electrons. The van der Waals surface area contributed by atoms with Crippen molar-refractivity contribution in [3.8, 4) is 0 Å². The Labute approximate surface area is 75.9 Å². The zero-order valence-electron chi connectivity index (χ0n) is 8.07. The SMILES string of the molecule is CC(C)(C)C(O)(CCN)C(F)(F)F. The van der Waals surface area contributed by atoms with Gasteiger partial charge < -0.3 is 10.8 Å². The predicted octanol–water partition coefficient (Wildman–Crippen LogP) is 1.67. The Morgan fingerprint density at radius 1 is 1.15 bits per heavy atom. The van der Waals surface area contributed by atoms with Crippen molar-refractivity contribution in [2.45, 2.75) is 39.0 Å².